The van der Waals surface area contributed by atoms with Gasteiger partial charge in [-0.15, -0.1) is 0 Å². The maximum absolute atomic E-state index is 11.9. The van der Waals surface area contributed by atoms with E-state index in [9.17, 15) is 4.79 Å². The van der Waals surface area contributed by atoms with Crippen LogP contribution < -0.4 is 5.32 Å². The van der Waals surface area contributed by atoms with E-state index in [2.05, 4.69) is 35.1 Å². The van der Waals surface area contributed by atoms with E-state index in [1.807, 2.05) is 0 Å². The van der Waals surface area contributed by atoms with Gasteiger partial charge in [0.15, 0.2) is 0 Å². The standard InChI is InChI=1S/C13H17BrClNO/c1-13(2,6-7-14)9-16-12(17)10-4-3-5-11(15)8-10/h3-5,8H,6-7,9H2,1-2H3,(H,16,17). The zero-order chi connectivity index (χ0) is 12.9. The molecule has 0 radical (unpaired) electrons. The Morgan fingerprint density at radius 1 is 1.47 bits per heavy atom. The summed E-state index contributed by atoms with van der Waals surface area (Å²) in [6, 6.07) is 6.97. The molecule has 94 valence electrons. The second-order valence-electron chi connectivity index (χ2n) is 4.80. The van der Waals surface area contributed by atoms with Gasteiger partial charge in [-0.25, -0.2) is 0 Å². The molecule has 0 saturated carbocycles. The average Bonchev–Trinajstić information content (AvgIpc) is 2.26. The molecule has 1 N–H and O–H groups in total. The van der Waals surface area contributed by atoms with Crippen molar-refractivity contribution in [1.29, 1.82) is 0 Å². The summed E-state index contributed by atoms with van der Waals surface area (Å²) >= 11 is 9.26. The van der Waals surface area contributed by atoms with Crippen molar-refractivity contribution in [3.8, 4) is 0 Å². The van der Waals surface area contributed by atoms with Gasteiger partial charge in [0.25, 0.3) is 5.91 Å². The molecule has 0 atom stereocenters. The van der Waals surface area contributed by atoms with E-state index in [1.165, 1.54) is 0 Å². The fourth-order valence-corrected chi connectivity index (χ4v) is 2.66. The average molecular weight is 319 g/mol. The molecule has 0 bridgehead atoms. The molecule has 0 fully saturated rings. The second kappa shape index (κ2) is 6.41. The molecular formula is C13H17BrClNO. The summed E-state index contributed by atoms with van der Waals surface area (Å²) < 4.78 is 0. The van der Waals surface area contributed by atoms with Crippen LogP contribution in [0.3, 0.4) is 0 Å². The molecule has 1 rings (SSSR count). The van der Waals surface area contributed by atoms with Gasteiger partial charge in [0.1, 0.15) is 0 Å². The lowest BCUT2D eigenvalue weighted by Gasteiger charge is -2.23. The van der Waals surface area contributed by atoms with E-state index in [0.29, 0.717) is 17.1 Å². The van der Waals surface area contributed by atoms with Crippen LogP contribution in [0, 0.1) is 5.41 Å². The Balaban J connectivity index is 2.56. The Morgan fingerprint density at radius 3 is 2.76 bits per heavy atom. The maximum Gasteiger partial charge on any atom is 0.251 e. The fourth-order valence-electron chi connectivity index (χ4n) is 1.40. The molecule has 4 heteroatoms. The maximum atomic E-state index is 11.9. The van der Waals surface area contributed by atoms with Crippen molar-refractivity contribution < 1.29 is 4.79 Å². The first-order chi connectivity index (χ1) is 7.94. The van der Waals surface area contributed by atoms with Gasteiger partial charge in [-0.3, -0.25) is 4.79 Å². The van der Waals surface area contributed by atoms with Crippen LogP contribution in [0.4, 0.5) is 0 Å². The third-order valence-electron chi connectivity index (χ3n) is 2.59. The summed E-state index contributed by atoms with van der Waals surface area (Å²) in [5.74, 6) is -0.0739. The summed E-state index contributed by atoms with van der Waals surface area (Å²) in [7, 11) is 0. The number of hydrogen-bond acceptors (Lipinski definition) is 1. The summed E-state index contributed by atoms with van der Waals surface area (Å²) in [6.45, 7) is 4.92. The van der Waals surface area contributed by atoms with Gasteiger partial charge in [0, 0.05) is 22.5 Å². The molecule has 0 aliphatic heterocycles. The van der Waals surface area contributed by atoms with Gasteiger partial charge in [-0.05, 0) is 30.0 Å². The minimum Gasteiger partial charge on any atom is -0.352 e. The Kier molecular flexibility index (Phi) is 5.47. The number of hydrogen-bond donors (Lipinski definition) is 1. The normalized spacial score (nSPS) is 11.3. The van der Waals surface area contributed by atoms with Crippen LogP contribution in [0.25, 0.3) is 0 Å². The molecule has 17 heavy (non-hydrogen) atoms. The second-order valence-corrected chi connectivity index (χ2v) is 6.03. The molecule has 0 aromatic heterocycles. The molecule has 0 spiro atoms. The number of rotatable bonds is 5. The summed E-state index contributed by atoms with van der Waals surface area (Å²) in [5, 5.41) is 4.45. The quantitative estimate of drug-likeness (QED) is 0.820. The highest BCUT2D eigenvalue weighted by molar-refractivity contribution is 9.09. The van der Waals surface area contributed by atoms with Crippen molar-refractivity contribution in [3.05, 3.63) is 34.9 Å². The van der Waals surface area contributed by atoms with Crippen LogP contribution in [0.2, 0.25) is 5.02 Å². The van der Waals surface area contributed by atoms with Crippen LogP contribution in [-0.4, -0.2) is 17.8 Å². The molecule has 1 aromatic carbocycles. The fraction of sp³-hybridized carbons (Fsp3) is 0.462. The van der Waals surface area contributed by atoms with Crippen molar-refractivity contribution in [1.82, 2.24) is 5.32 Å². The number of benzene rings is 1. The largest absolute Gasteiger partial charge is 0.352 e. The first kappa shape index (κ1) is 14.5. The zero-order valence-electron chi connectivity index (χ0n) is 10.1. The van der Waals surface area contributed by atoms with Crippen LogP contribution in [-0.2, 0) is 0 Å². The summed E-state index contributed by atoms with van der Waals surface area (Å²) in [6.07, 6.45) is 1.02. The topological polar surface area (TPSA) is 29.1 Å². The van der Waals surface area contributed by atoms with Gasteiger partial charge >= 0.3 is 0 Å². The highest BCUT2D eigenvalue weighted by Gasteiger charge is 2.18. The van der Waals surface area contributed by atoms with Gasteiger partial charge in [0.05, 0.1) is 0 Å². The molecule has 1 aromatic rings. The van der Waals surface area contributed by atoms with Gasteiger partial charge in [-0.2, -0.15) is 0 Å². The van der Waals surface area contributed by atoms with Crippen LogP contribution in [0.5, 0.6) is 0 Å². The molecule has 2 nitrogen and oxygen atoms in total. The third kappa shape index (κ3) is 5.09. The van der Waals surface area contributed by atoms with E-state index in [0.717, 1.165) is 11.8 Å². The molecule has 0 heterocycles. The third-order valence-corrected chi connectivity index (χ3v) is 3.22. The summed E-state index contributed by atoms with van der Waals surface area (Å²) in [4.78, 5) is 11.9. The Morgan fingerprint density at radius 2 is 2.18 bits per heavy atom. The number of carbonyl (C=O) groups excluding carboxylic acids is 1. The van der Waals surface area contributed by atoms with Crippen molar-refractivity contribution in [3.63, 3.8) is 0 Å². The first-order valence-corrected chi connectivity index (χ1v) is 7.04. The number of nitrogens with one attached hydrogen (secondary N) is 1. The minimum atomic E-state index is -0.0739. The lowest BCUT2D eigenvalue weighted by atomic mass is 9.90. The lowest BCUT2D eigenvalue weighted by molar-refractivity contribution is 0.0936. The van der Waals surface area contributed by atoms with Gasteiger partial charge in [-0.1, -0.05) is 47.4 Å². The number of carbonyl (C=O) groups is 1. The van der Waals surface area contributed by atoms with Crippen LogP contribution in [0.15, 0.2) is 24.3 Å². The van der Waals surface area contributed by atoms with E-state index < -0.39 is 0 Å². The predicted octanol–water partition coefficient (Wildman–Crippen LogP) is 3.88. The number of amides is 1. The van der Waals surface area contributed by atoms with Crippen molar-refractivity contribution in [2.75, 3.05) is 11.9 Å². The molecular weight excluding hydrogens is 302 g/mol. The molecule has 0 aliphatic carbocycles. The molecule has 1 amide bonds. The smallest absolute Gasteiger partial charge is 0.251 e. The lowest BCUT2D eigenvalue weighted by Crippen LogP contribution is -2.34. The van der Waals surface area contributed by atoms with Crippen molar-refractivity contribution >= 4 is 33.4 Å². The van der Waals surface area contributed by atoms with E-state index in [-0.39, 0.29) is 11.3 Å². The van der Waals surface area contributed by atoms with Crippen LogP contribution in [0.1, 0.15) is 30.6 Å². The van der Waals surface area contributed by atoms with Crippen LogP contribution >= 0.6 is 27.5 Å². The first-order valence-electron chi connectivity index (χ1n) is 5.54. The predicted molar refractivity (Wildman–Crippen MR) is 76.0 cm³/mol. The van der Waals surface area contributed by atoms with Gasteiger partial charge < -0.3 is 5.32 Å². The van der Waals surface area contributed by atoms with Gasteiger partial charge in [0.2, 0.25) is 0 Å². The number of halogens is 2. The SMILES string of the molecule is CC(C)(CCBr)CNC(=O)c1cccc(Cl)c1. The monoisotopic (exact) mass is 317 g/mol. The van der Waals surface area contributed by atoms with E-state index in [1.54, 1.807) is 24.3 Å². The van der Waals surface area contributed by atoms with E-state index >= 15 is 0 Å². The molecule has 0 saturated heterocycles. The minimum absolute atomic E-state index is 0.0739. The zero-order valence-corrected chi connectivity index (χ0v) is 12.4. The molecule has 0 unspecified atom stereocenters. The van der Waals surface area contributed by atoms with Crippen molar-refractivity contribution in [2.45, 2.75) is 20.3 Å². The highest BCUT2D eigenvalue weighted by atomic mass is 79.9. The Hall–Kier alpha value is -0.540. The Labute approximate surface area is 116 Å². The Bertz CT molecular complexity index is 393. The number of alkyl halides is 1. The highest BCUT2D eigenvalue weighted by Crippen LogP contribution is 2.20. The summed E-state index contributed by atoms with van der Waals surface area (Å²) in [5.41, 5.74) is 0.699. The molecule has 0 aliphatic rings. The van der Waals surface area contributed by atoms with E-state index in [4.69, 9.17) is 11.6 Å². The van der Waals surface area contributed by atoms with Crippen molar-refractivity contribution in [2.24, 2.45) is 5.41 Å².